The predicted molar refractivity (Wildman–Crippen MR) is 91.0 cm³/mol. The lowest BCUT2D eigenvalue weighted by molar-refractivity contribution is -0.121. The van der Waals surface area contributed by atoms with Gasteiger partial charge in [-0.2, -0.15) is 5.26 Å². The van der Waals surface area contributed by atoms with Crippen LogP contribution in [-0.2, 0) is 11.3 Å². The molecule has 0 spiro atoms. The van der Waals surface area contributed by atoms with E-state index in [0.717, 1.165) is 0 Å². The molecular formula is C16H14BrFN4O2. The average molecular weight is 393 g/mol. The summed E-state index contributed by atoms with van der Waals surface area (Å²) >= 11 is 3.24. The third kappa shape index (κ3) is 4.67. The Bertz CT molecular complexity index is 845. The molecule has 0 atom stereocenters. The number of carbonyl (C=O) groups excluding carboxylic acids is 1. The Morgan fingerprint density at radius 1 is 1.29 bits per heavy atom. The van der Waals surface area contributed by atoms with E-state index in [0.29, 0.717) is 16.7 Å². The molecule has 0 radical (unpaired) electrons. The van der Waals surface area contributed by atoms with Crippen molar-refractivity contribution < 1.29 is 9.18 Å². The highest BCUT2D eigenvalue weighted by Gasteiger charge is 2.07. The first kappa shape index (κ1) is 17.7. The monoisotopic (exact) mass is 392 g/mol. The molecule has 2 N–H and O–H groups in total. The van der Waals surface area contributed by atoms with Gasteiger partial charge in [-0.3, -0.25) is 9.59 Å². The van der Waals surface area contributed by atoms with Crippen LogP contribution in [0.2, 0.25) is 0 Å². The van der Waals surface area contributed by atoms with Gasteiger partial charge < -0.3 is 15.2 Å². The van der Waals surface area contributed by atoms with Crippen LogP contribution in [0.15, 0.2) is 45.8 Å². The molecule has 1 heterocycles. The zero-order valence-electron chi connectivity index (χ0n) is 12.6. The number of benzene rings is 1. The van der Waals surface area contributed by atoms with Crippen LogP contribution in [-0.4, -0.2) is 23.6 Å². The zero-order valence-corrected chi connectivity index (χ0v) is 14.1. The van der Waals surface area contributed by atoms with Crippen LogP contribution in [0, 0.1) is 17.1 Å². The third-order valence-corrected chi connectivity index (χ3v) is 3.62. The first-order valence-electron chi connectivity index (χ1n) is 7.06. The molecule has 1 aromatic carbocycles. The lowest BCUT2D eigenvalue weighted by Crippen LogP contribution is -2.34. The number of halogens is 2. The number of rotatable bonds is 6. The predicted octanol–water partition coefficient (Wildman–Crippen LogP) is 1.85. The van der Waals surface area contributed by atoms with Crippen molar-refractivity contribution in [1.29, 1.82) is 5.26 Å². The fraction of sp³-hybridized carbons (Fsp3) is 0.188. The molecule has 0 saturated carbocycles. The highest BCUT2D eigenvalue weighted by Crippen LogP contribution is 2.17. The minimum absolute atomic E-state index is 0.0653. The summed E-state index contributed by atoms with van der Waals surface area (Å²) in [6, 6.07) is 9.06. The molecule has 24 heavy (non-hydrogen) atoms. The number of anilines is 1. The van der Waals surface area contributed by atoms with Crippen molar-refractivity contribution in [3.8, 4) is 6.07 Å². The Morgan fingerprint density at radius 2 is 2.08 bits per heavy atom. The van der Waals surface area contributed by atoms with E-state index in [2.05, 4.69) is 26.6 Å². The van der Waals surface area contributed by atoms with Gasteiger partial charge in [-0.05, 0) is 34.1 Å². The number of hydrogen-bond acceptors (Lipinski definition) is 4. The summed E-state index contributed by atoms with van der Waals surface area (Å²) in [5.41, 5.74) is 0.0318. The van der Waals surface area contributed by atoms with E-state index in [1.165, 1.54) is 29.0 Å². The number of amides is 1. The van der Waals surface area contributed by atoms with Crippen LogP contribution in [0.3, 0.4) is 0 Å². The van der Waals surface area contributed by atoms with Crippen molar-refractivity contribution in [2.75, 3.05) is 18.4 Å². The fourth-order valence-electron chi connectivity index (χ4n) is 2.02. The van der Waals surface area contributed by atoms with Crippen molar-refractivity contribution in [3.05, 3.63) is 62.7 Å². The van der Waals surface area contributed by atoms with Crippen LogP contribution in [0.5, 0.6) is 0 Å². The normalized spacial score (nSPS) is 10.0. The van der Waals surface area contributed by atoms with Crippen LogP contribution in [0.4, 0.5) is 10.1 Å². The van der Waals surface area contributed by atoms with Crippen molar-refractivity contribution in [2.24, 2.45) is 0 Å². The molecule has 0 bridgehead atoms. The molecule has 1 aromatic heterocycles. The molecule has 2 rings (SSSR count). The van der Waals surface area contributed by atoms with Gasteiger partial charge in [0.15, 0.2) is 0 Å². The lowest BCUT2D eigenvalue weighted by Gasteiger charge is -2.10. The second-order valence-corrected chi connectivity index (χ2v) is 5.78. The maximum absolute atomic E-state index is 13.4. The van der Waals surface area contributed by atoms with Gasteiger partial charge in [-0.1, -0.05) is 6.07 Å². The largest absolute Gasteiger partial charge is 0.382 e. The maximum Gasteiger partial charge on any atom is 0.251 e. The van der Waals surface area contributed by atoms with Crippen LogP contribution in [0.25, 0.3) is 0 Å². The summed E-state index contributed by atoms with van der Waals surface area (Å²) in [6.07, 6.45) is 1.53. The van der Waals surface area contributed by atoms with E-state index in [-0.39, 0.29) is 30.1 Å². The summed E-state index contributed by atoms with van der Waals surface area (Å²) in [5.74, 6) is -0.919. The SMILES string of the molecule is N#Cc1c(F)cccc1NCCNC(=O)Cn1cc(Br)ccc1=O. The van der Waals surface area contributed by atoms with Crippen LogP contribution >= 0.6 is 15.9 Å². The van der Waals surface area contributed by atoms with Crippen molar-refractivity contribution >= 4 is 27.5 Å². The van der Waals surface area contributed by atoms with E-state index >= 15 is 0 Å². The van der Waals surface area contributed by atoms with Gasteiger partial charge in [0, 0.05) is 29.8 Å². The minimum Gasteiger partial charge on any atom is -0.382 e. The first-order chi connectivity index (χ1) is 11.5. The van der Waals surface area contributed by atoms with E-state index < -0.39 is 5.82 Å². The zero-order chi connectivity index (χ0) is 17.5. The van der Waals surface area contributed by atoms with Crippen molar-refractivity contribution in [3.63, 3.8) is 0 Å². The lowest BCUT2D eigenvalue weighted by atomic mass is 10.2. The molecule has 0 aliphatic carbocycles. The molecular weight excluding hydrogens is 379 g/mol. The second-order valence-electron chi connectivity index (χ2n) is 4.86. The van der Waals surface area contributed by atoms with E-state index in [1.54, 1.807) is 18.2 Å². The van der Waals surface area contributed by atoms with Gasteiger partial charge in [0.2, 0.25) is 5.91 Å². The number of hydrogen-bond donors (Lipinski definition) is 2. The molecule has 0 aliphatic heterocycles. The standard InChI is InChI=1S/C16H14BrFN4O2/c17-11-4-5-16(24)22(9-11)10-15(23)21-7-6-20-14-3-1-2-13(18)12(14)8-19/h1-5,9,20H,6-7,10H2,(H,21,23). The highest BCUT2D eigenvalue weighted by atomic mass is 79.9. The Morgan fingerprint density at radius 3 is 2.83 bits per heavy atom. The fourth-order valence-corrected chi connectivity index (χ4v) is 2.40. The number of nitriles is 1. The molecule has 1 amide bonds. The summed E-state index contributed by atoms with van der Waals surface area (Å²) in [4.78, 5) is 23.4. The summed E-state index contributed by atoms with van der Waals surface area (Å²) in [5, 5.41) is 14.5. The van der Waals surface area contributed by atoms with E-state index in [1.807, 2.05) is 0 Å². The molecule has 6 nitrogen and oxygen atoms in total. The maximum atomic E-state index is 13.4. The quantitative estimate of drug-likeness (QED) is 0.734. The average Bonchev–Trinajstić information content (AvgIpc) is 2.55. The number of aromatic nitrogens is 1. The molecule has 2 aromatic rings. The molecule has 8 heteroatoms. The Hall–Kier alpha value is -2.66. The van der Waals surface area contributed by atoms with Crippen LogP contribution in [0.1, 0.15) is 5.56 Å². The van der Waals surface area contributed by atoms with Gasteiger partial charge in [0.05, 0.1) is 5.69 Å². The third-order valence-electron chi connectivity index (χ3n) is 3.15. The summed E-state index contributed by atoms with van der Waals surface area (Å²) in [7, 11) is 0. The van der Waals surface area contributed by atoms with Crippen molar-refractivity contribution in [2.45, 2.75) is 6.54 Å². The number of pyridine rings is 1. The van der Waals surface area contributed by atoms with Gasteiger partial charge in [0.1, 0.15) is 24.0 Å². The van der Waals surface area contributed by atoms with Gasteiger partial charge in [-0.15, -0.1) is 0 Å². The number of nitrogens with zero attached hydrogens (tertiary/aromatic N) is 2. The Kier molecular flexibility index (Phi) is 6.09. The molecule has 0 aliphatic rings. The number of carbonyl (C=O) groups is 1. The summed E-state index contributed by atoms with van der Waals surface area (Å²) < 4.78 is 15.4. The van der Waals surface area contributed by atoms with Gasteiger partial charge in [0.25, 0.3) is 5.56 Å². The van der Waals surface area contributed by atoms with Gasteiger partial charge in [-0.25, -0.2) is 4.39 Å². The highest BCUT2D eigenvalue weighted by molar-refractivity contribution is 9.10. The molecule has 0 saturated heterocycles. The first-order valence-corrected chi connectivity index (χ1v) is 7.85. The second kappa shape index (κ2) is 8.26. The molecule has 0 fully saturated rings. The van der Waals surface area contributed by atoms with Gasteiger partial charge >= 0.3 is 0 Å². The Balaban J connectivity index is 1.84. The molecule has 0 unspecified atom stereocenters. The minimum atomic E-state index is -0.597. The number of nitrogens with one attached hydrogen (secondary N) is 2. The van der Waals surface area contributed by atoms with Crippen molar-refractivity contribution in [1.82, 2.24) is 9.88 Å². The Labute approximate surface area is 146 Å². The smallest absolute Gasteiger partial charge is 0.251 e. The van der Waals surface area contributed by atoms with Crippen LogP contribution < -0.4 is 16.2 Å². The summed E-state index contributed by atoms with van der Waals surface area (Å²) in [6.45, 7) is 0.488. The topological polar surface area (TPSA) is 86.9 Å². The van der Waals surface area contributed by atoms with E-state index in [9.17, 15) is 14.0 Å². The molecule has 124 valence electrons. The van der Waals surface area contributed by atoms with E-state index in [4.69, 9.17) is 5.26 Å².